The topological polar surface area (TPSA) is 75.4 Å². The van der Waals surface area contributed by atoms with Gasteiger partial charge in [0.1, 0.15) is 6.04 Å². The number of nitrogens with two attached hydrogens (primary N) is 1. The van der Waals surface area contributed by atoms with Gasteiger partial charge in [0.05, 0.1) is 10.6 Å². The molecule has 0 aliphatic carbocycles. The van der Waals surface area contributed by atoms with Crippen LogP contribution in [0.2, 0.25) is 5.02 Å². The standard InChI is InChI=1S/C19H28ClN3O2/c1-12(2)17(22-18(24)15-8-4-5-9-16(15)20)19(25)23-10-6-7-14(11-23)13(3)21/h4-5,8-9,12-14,17H,6-7,10-11,21H2,1-3H3,(H,22,24). The number of piperidine rings is 1. The van der Waals surface area contributed by atoms with Gasteiger partial charge in [0.15, 0.2) is 0 Å². The van der Waals surface area contributed by atoms with Crippen LogP contribution >= 0.6 is 11.6 Å². The van der Waals surface area contributed by atoms with Crippen molar-refractivity contribution in [3.63, 3.8) is 0 Å². The molecule has 2 amide bonds. The molecule has 1 saturated heterocycles. The monoisotopic (exact) mass is 365 g/mol. The van der Waals surface area contributed by atoms with E-state index in [1.54, 1.807) is 24.3 Å². The van der Waals surface area contributed by atoms with Gasteiger partial charge in [-0.1, -0.05) is 37.6 Å². The van der Waals surface area contributed by atoms with E-state index < -0.39 is 6.04 Å². The second kappa shape index (κ2) is 8.68. The predicted octanol–water partition coefficient (Wildman–Crippen LogP) is 2.68. The van der Waals surface area contributed by atoms with Gasteiger partial charge in [0.25, 0.3) is 5.91 Å². The summed E-state index contributed by atoms with van der Waals surface area (Å²) in [6.07, 6.45) is 1.99. The summed E-state index contributed by atoms with van der Waals surface area (Å²) >= 11 is 6.09. The van der Waals surface area contributed by atoms with E-state index in [1.165, 1.54) is 0 Å². The quantitative estimate of drug-likeness (QED) is 0.842. The molecule has 3 unspecified atom stereocenters. The van der Waals surface area contributed by atoms with Crippen LogP contribution in [0.25, 0.3) is 0 Å². The van der Waals surface area contributed by atoms with Gasteiger partial charge in [0, 0.05) is 19.1 Å². The molecule has 0 radical (unpaired) electrons. The van der Waals surface area contributed by atoms with Crippen LogP contribution in [0.15, 0.2) is 24.3 Å². The first-order valence-electron chi connectivity index (χ1n) is 8.91. The average molecular weight is 366 g/mol. The zero-order valence-electron chi connectivity index (χ0n) is 15.2. The van der Waals surface area contributed by atoms with Gasteiger partial charge in [-0.05, 0) is 43.7 Å². The summed E-state index contributed by atoms with van der Waals surface area (Å²) in [4.78, 5) is 27.4. The molecule has 0 aromatic heterocycles. The van der Waals surface area contributed by atoms with Crippen molar-refractivity contribution < 1.29 is 9.59 Å². The molecule has 1 fully saturated rings. The lowest BCUT2D eigenvalue weighted by atomic mass is 9.91. The lowest BCUT2D eigenvalue weighted by Gasteiger charge is -2.37. The number of likely N-dealkylation sites (tertiary alicyclic amines) is 1. The van der Waals surface area contributed by atoms with Gasteiger partial charge < -0.3 is 16.0 Å². The molecular formula is C19H28ClN3O2. The summed E-state index contributed by atoms with van der Waals surface area (Å²) in [7, 11) is 0. The second-order valence-electron chi connectivity index (χ2n) is 7.22. The van der Waals surface area contributed by atoms with E-state index in [0.29, 0.717) is 29.6 Å². The first kappa shape index (κ1) is 19.7. The Morgan fingerprint density at radius 2 is 1.96 bits per heavy atom. The zero-order valence-corrected chi connectivity index (χ0v) is 15.9. The molecule has 6 heteroatoms. The van der Waals surface area contributed by atoms with Crippen LogP contribution in [0, 0.1) is 11.8 Å². The first-order valence-corrected chi connectivity index (χ1v) is 9.28. The predicted molar refractivity (Wildman–Crippen MR) is 100 cm³/mol. The Bertz CT molecular complexity index is 618. The van der Waals surface area contributed by atoms with Crippen LogP contribution in [0.3, 0.4) is 0 Å². The number of carbonyl (C=O) groups excluding carboxylic acids is 2. The van der Waals surface area contributed by atoms with Gasteiger partial charge in [-0.2, -0.15) is 0 Å². The summed E-state index contributed by atoms with van der Waals surface area (Å²) in [5.74, 6) is -0.0708. The molecule has 0 spiro atoms. The Balaban J connectivity index is 2.11. The Kier molecular flexibility index (Phi) is 6.85. The number of benzene rings is 1. The minimum Gasteiger partial charge on any atom is -0.341 e. The first-order chi connectivity index (χ1) is 11.8. The van der Waals surface area contributed by atoms with Crippen molar-refractivity contribution in [1.29, 1.82) is 0 Å². The molecule has 0 bridgehead atoms. The summed E-state index contributed by atoms with van der Waals surface area (Å²) < 4.78 is 0. The van der Waals surface area contributed by atoms with Gasteiger partial charge in [0.2, 0.25) is 5.91 Å². The van der Waals surface area contributed by atoms with E-state index >= 15 is 0 Å². The fraction of sp³-hybridized carbons (Fsp3) is 0.579. The highest BCUT2D eigenvalue weighted by molar-refractivity contribution is 6.33. The van der Waals surface area contributed by atoms with Crippen LogP contribution < -0.4 is 11.1 Å². The summed E-state index contributed by atoms with van der Waals surface area (Å²) in [6, 6.07) is 6.34. The van der Waals surface area contributed by atoms with Crippen molar-refractivity contribution in [3.8, 4) is 0 Å². The fourth-order valence-corrected chi connectivity index (χ4v) is 3.44. The molecule has 1 aliphatic heterocycles. The Morgan fingerprint density at radius 1 is 1.28 bits per heavy atom. The summed E-state index contributed by atoms with van der Waals surface area (Å²) in [5.41, 5.74) is 6.40. The number of rotatable bonds is 5. The highest BCUT2D eigenvalue weighted by Gasteiger charge is 2.33. The number of amides is 2. The largest absolute Gasteiger partial charge is 0.341 e. The van der Waals surface area contributed by atoms with Gasteiger partial charge in [-0.15, -0.1) is 0 Å². The van der Waals surface area contributed by atoms with Crippen LogP contribution in [-0.2, 0) is 4.79 Å². The lowest BCUT2D eigenvalue weighted by molar-refractivity contribution is -0.136. The number of carbonyl (C=O) groups is 2. The van der Waals surface area contributed by atoms with E-state index in [2.05, 4.69) is 5.32 Å². The summed E-state index contributed by atoms with van der Waals surface area (Å²) in [5, 5.41) is 3.25. The Hall–Kier alpha value is -1.59. The SMILES string of the molecule is CC(C)C(NC(=O)c1ccccc1Cl)C(=O)N1CCCC(C(C)N)C1. The van der Waals surface area contributed by atoms with Crippen molar-refractivity contribution in [2.24, 2.45) is 17.6 Å². The third-order valence-corrected chi connectivity index (χ3v) is 5.18. The molecule has 2 rings (SSSR count). The maximum Gasteiger partial charge on any atom is 0.253 e. The van der Waals surface area contributed by atoms with E-state index in [0.717, 1.165) is 12.8 Å². The third-order valence-electron chi connectivity index (χ3n) is 4.85. The zero-order chi connectivity index (χ0) is 18.6. The maximum absolute atomic E-state index is 13.0. The number of hydrogen-bond acceptors (Lipinski definition) is 3. The normalized spacial score (nSPS) is 20.2. The minimum atomic E-state index is -0.574. The number of nitrogens with one attached hydrogen (secondary N) is 1. The van der Waals surface area contributed by atoms with E-state index in [-0.39, 0.29) is 23.8 Å². The van der Waals surface area contributed by atoms with Crippen molar-refractivity contribution >= 4 is 23.4 Å². The van der Waals surface area contributed by atoms with E-state index in [4.69, 9.17) is 17.3 Å². The average Bonchev–Trinajstić information content (AvgIpc) is 2.59. The molecule has 3 atom stereocenters. The number of halogens is 1. The maximum atomic E-state index is 13.0. The van der Waals surface area contributed by atoms with Crippen molar-refractivity contribution in [1.82, 2.24) is 10.2 Å². The Labute approximate surface area is 154 Å². The molecule has 0 saturated carbocycles. The highest BCUT2D eigenvalue weighted by atomic mass is 35.5. The molecule has 1 aromatic rings. The fourth-order valence-electron chi connectivity index (χ4n) is 3.21. The molecular weight excluding hydrogens is 338 g/mol. The van der Waals surface area contributed by atoms with Crippen molar-refractivity contribution in [2.45, 2.75) is 45.7 Å². The molecule has 1 heterocycles. The number of nitrogens with zero attached hydrogens (tertiary/aromatic N) is 1. The van der Waals surface area contributed by atoms with Gasteiger partial charge in [-0.25, -0.2) is 0 Å². The molecule has 5 nitrogen and oxygen atoms in total. The molecule has 1 aromatic carbocycles. The van der Waals surface area contributed by atoms with Crippen LogP contribution in [0.4, 0.5) is 0 Å². The highest BCUT2D eigenvalue weighted by Crippen LogP contribution is 2.21. The van der Waals surface area contributed by atoms with Gasteiger partial charge >= 0.3 is 0 Å². The van der Waals surface area contributed by atoms with Crippen molar-refractivity contribution in [2.75, 3.05) is 13.1 Å². The van der Waals surface area contributed by atoms with Gasteiger partial charge in [-0.3, -0.25) is 9.59 Å². The summed E-state index contributed by atoms with van der Waals surface area (Å²) in [6.45, 7) is 7.22. The van der Waals surface area contributed by atoms with Crippen LogP contribution in [0.1, 0.15) is 44.0 Å². The third kappa shape index (κ3) is 4.95. The smallest absolute Gasteiger partial charge is 0.253 e. The lowest BCUT2D eigenvalue weighted by Crippen LogP contribution is -2.54. The molecule has 25 heavy (non-hydrogen) atoms. The van der Waals surface area contributed by atoms with Crippen LogP contribution in [-0.4, -0.2) is 41.9 Å². The second-order valence-corrected chi connectivity index (χ2v) is 7.63. The Morgan fingerprint density at radius 3 is 2.56 bits per heavy atom. The molecule has 138 valence electrons. The van der Waals surface area contributed by atoms with Crippen molar-refractivity contribution in [3.05, 3.63) is 34.9 Å². The molecule has 1 aliphatic rings. The minimum absolute atomic E-state index is 0.0189. The van der Waals surface area contributed by atoms with Crippen LogP contribution in [0.5, 0.6) is 0 Å². The number of hydrogen-bond donors (Lipinski definition) is 2. The van der Waals surface area contributed by atoms with E-state index in [1.807, 2.05) is 25.7 Å². The molecule has 3 N–H and O–H groups in total. The van der Waals surface area contributed by atoms with E-state index in [9.17, 15) is 9.59 Å².